The topological polar surface area (TPSA) is 11.4 Å². The second-order valence-corrected chi connectivity index (χ2v) is 12.1. The Kier molecular flexibility index (Phi) is 5.11. The highest BCUT2D eigenvalue weighted by molar-refractivity contribution is 6.00. The smallest absolute Gasteiger partial charge is 0.0856 e. The molecule has 7 aromatic rings. The van der Waals surface area contributed by atoms with E-state index >= 15 is 0 Å². The molecule has 0 saturated heterocycles. The van der Waals surface area contributed by atoms with E-state index in [2.05, 4.69) is 178 Å². The van der Waals surface area contributed by atoms with Gasteiger partial charge in [0.2, 0.25) is 0 Å². The van der Waals surface area contributed by atoms with E-state index in [-0.39, 0.29) is 12.0 Å². The van der Waals surface area contributed by atoms with Gasteiger partial charge >= 0.3 is 0 Å². The number of hydrogen-bond donors (Lipinski definition) is 0. The molecule has 2 aliphatic heterocycles. The molecule has 0 spiro atoms. The number of anilines is 5. The molecule has 10 rings (SSSR count). The zero-order valence-electron chi connectivity index (χ0n) is 24.6. The fourth-order valence-corrected chi connectivity index (χ4v) is 8.05. The molecule has 3 heterocycles. The van der Waals surface area contributed by atoms with Crippen molar-refractivity contribution in [1.82, 2.24) is 4.57 Å². The van der Waals surface area contributed by atoms with E-state index in [1.165, 1.54) is 55.9 Å². The maximum Gasteiger partial charge on any atom is 0.0856 e. The lowest BCUT2D eigenvalue weighted by Crippen LogP contribution is -2.28. The lowest BCUT2D eigenvalue weighted by molar-refractivity contribution is 0.635. The van der Waals surface area contributed by atoms with Crippen molar-refractivity contribution in [3.8, 4) is 16.8 Å². The zero-order chi connectivity index (χ0) is 29.5. The number of benzene rings is 6. The van der Waals surface area contributed by atoms with Gasteiger partial charge in [-0.1, -0.05) is 103 Å². The van der Waals surface area contributed by atoms with E-state index in [9.17, 15) is 0 Å². The average molecular weight is 576 g/mol. The fraction of sp³-hybridized carbons (Fsp3) is 0.0476. The Morgan fingerprint density at radius 1 is 0.511 bits per heavy atom. The summed E-state index contributed by atoms with van der Waals surface area (Å²) in [6, 6.07) is 55.4. The third kappa shape index (κ3) is 3.41. The molecule has 2 atom stereocenters. The van der Waals surface area contributed by atoms with Gasteiger partial charge in [-0.3, -0.25) is 0 Å². The second-order valence-electron chi connectivity index (χ2n) is 12.1. The van der Waals surface area contributed by atoms with Crippen molar-refractivity contribution in [3.63, 3.8) is 0 Å². The molecule has 45 heavy (non-hydrogen) atoms. The minimum atomic E-state index is 0.145. The third-order valence-electron chi connectivity index (χ3n) is 9.84. The van der Waals surface area contributed by atoms with Crippen molar-refractivity contribution in [2.75, 3.05) is 9.80 Å². The number of aromatic nitrogens is 1. The van der Waals surface area contributed by atoms with E-state index in [4.69, 9.17) is 0 Å². The van der Waals surface area contributed by atoms with Crippen LogP contribution in [0.1, 0.15) is 28.8 Å². The maximum absolute atomic E-state index is 2.63. The van der Waals surface area contributed by atoms with Gasteiger partial charge in [0.15, 0.2) is 0 Å². The van der Waals surface area contributed by atoms with Crippen LogP contribution in [0.5, 0.6) is 0 Å². The Morgan fingerprint density at radius 3 is 1.98 bits per heavy atom. The summed E-state index contributed by atoms with van der Waals surface area (Å²) in [4.78, 5) is 4.99. The van der Waals surface area contributed by atoms with Gasteiger partial charge in [0.1, 0.15) is 0 Å². The van der Waals surface area contributed by atoms with Crippen LogP contribution >= 0.6 is 0 Å². The van der Waals surface area contributed by atoms with Crippen LogP contribution in [0.3, 0.4) is 0 Å². The molecule has 3 heteroatoms. The standard InChI is InChI=1S/C42H29N3/c1-3-13-28(14-4-1)43(29-15-5-2-6-16-29)30-23-26-40-36(27-30)33-19-9-12-22-39(33)44-37-20-10-7-17-31(37)34-24-25-35-32-18-8-11-21-38(32)45(40)42(35)41(34)44/h1-27,35,42H. The summed E-state index contributed by atoms with van der Waals surface area (Å²) in [6.07, 6.45) is 4.82. The Bertz CT molecular complexity index is 2260. The summed E-state index contributed by atoms with van der Waals surface area (Å²) >= 11 is 0. The Balaban J connectivity index is 1.31. The van der Waals surface area contributed by atoms with E-state index in [1.807, 2.05) is 0 Å². The number of rotatable bonds is 3. The lowest BCUT2D eigenvalue weighted by Gasteiger charge is -2.37. The summed E-state index contributed by atoms with van der Waals surface area (Å²) in [5.74, 6) is 0.264. The number of hydrogen-bond acceptors (Lipinski definition) is 2. The summed E-state index contributed by atoms with van der Waals surface area (Å²) in [5, 5.41) is 1.30. The molecule has 0 bridgehead atoms. The molecule has 212 valence electrons. The van der Waals surface area contributed by atoms with Crippen molar-refractivity contribution in [3.05, 3.63) is 175 Å². The predicted octanol–water partition coefficient (Wildman–Crippen LogP) is 11.1. The minimum absolute atomic E-state index is 0.145. The highest BCUT2D eigenvalue weighted by Crippen LogP contribution is 2.60. The Labute approximate surface area is 262 Å². The lowest BCUT2D eigenvalue weighted by atomic mass is 9.85. The van der Waals surface area contributed by atoms with E-state index in [0.717, 1.165) is 17.1 Å². The number of nitrogens with zero attached hydrogens (tertiary/aromatic N) is 3. The van der Waals surface area contributed by atoms with Crippen LogP contribution < -0.4 is 9.80 Å². The van der Waals surface area contributed by atoms with Gasteiger partial charge in [-0.05, 0) is 66.2 Å². The first-order valence-corrected chi connectivity index (χ1v) is 15.7. The number of para-hydroxylation sites is 5. The van der Waals surface area contributed by atoms with Crippen molar-refractivity contribution in [1.29, 1.82) is 0 Å². The molecule has 0 radical (unpaired) electrons. The normalized spacial score (nSPS) is 16.8. The maximum atomic E-state index is 2.63. The van der Waals surface area contributed by atoms with Crippen LogP contribution in [0.15, 0.2) is 158 Å². The average Bonchev–Trinajstić information content (AvgIpc) is 3.62. The largest absolute Gasteiger partial charge is 0.331 e. The van der Waals surface area contributed by atoms with Crippen molar-refractivity contribution < 1.29 is 0 Å². The number of fused-ring (bicyclic) bond motifs is 11. The highest BCUT2D eigenvalue weighted by Gasteiger charge is 2.45. The van der Waals surface area contributed by atoms with Crippen molar-refractivity contribution in [2.24, 2.45) is 0 Å². The SMILES string of the molecule is C1=CC2c3ccccc3N3c4ccc(N(c5ccccc5)c5ccccc5)cc4-c4ccccc4-n4c(c1c1ccccc14)C23. The van der Waals surface area contributed by atoms with Crippen LogP contribution in [0.25, 0.3) is 33.8 Å². The summed E-state index contributed by atoms with van der Waals surface area (Å²) in [5.41, 5.74) is 15.0. The second kappa shape index (κ2) is 9.35. The van der Waals surface area contributed by atoms with Crippen LogP contribution in [0.4, 0.5) is 28.4 Å². The molecule has 0 fully saturated rings. The van der Waals surface area contributed by atoms with Gasteiger partial charge in [0, 0.05) is 56.4 Å². The van der Waals surface area contributed by atoms with Crippen molar-refractivity contribution >= 4 is 45.4 Å². The van der Waals surface area contributed by atoms with Gasteiger partial charge < -0.3 is 14.4 Å². The first kappa shape index (κ1) is 24.6. The van der Waals surface area contributed by atoms with Gasteiger partial charge in [-0.25, -0.2) is 0 Å². The minimum Gasteiger partial charge on any atom is -0.331 e. The van der Waals surface area contributed by atoms with Gasteiger partial charge in [-0.15, -0.1) is 0 Å². The molecule has 1 aliphatic carbocycles. The Morgan fingerprint density at radius 2 is 1.18 bits per heavy atom. The predicted molar refractivity (Wildman–Crippen MR) is 186 cm³/mol. The Hall–Kier alpha value is -5.80. The first-order valence-electron chi connectivity index (χ1n) is 15.7. The molecule has 3 aliphatic rings. The highest BCUT2D eigenvalue weighted by atomic mass is 15.2. The van der Waals surface area contributed by atoms with Crippen LogP contribution in [0, 0.1) is 0 Å². The molecule has 6 aromatic carbocycles. The summed E-state index contributed by atoms with van der Waals surface area (Å²) < 4.78 is 2.56. The fourth-order valence-electron chi connectivity index (χ4n) is 8.05. The molecule has 0 amide bonds. The molecule has 3 nitrogen and oxygen atoms in total. The van der Waals surface area contributed by atoms with Crippen molar-refractivity contribution in [2.45, 2.75) is 12.0 Å². The molecule has 2 unspecified atom stereocenters. The van der Waals surface area contributed by atoms with Gasteiger partial charge in [0.05, 0.1) is 22.9 Å². The zero-order valence-corrected chi connectivity index (χ0v) is 24.6. The van der Waals surface area contributed by atoms with E-state index < -0.39 is 0 Å². The molecular formula is C42H29N3. The monoisotopic (exact) mass is 575 g/mol. The van der Waals surface area contributed by atoms with Crippen LogP contribution in [-0.2, 0) is 0 Å². The quantitative estimate of drug-likeness (QED) is 0.208. The van der Waals surface area contributed by atoms with E-state index in [0.29, 0.717) is 0 Å². The van der Waals surface area contributed by atoms with E-state index in [1.54, 1.807) is 0 Å². The molecular weight excluding hydrogens is 546 g/mol. The van der Waals surface area contributed by atoms with Gasteiger partial charge in [-0.2, -0.15) is 0 Å². The molecule has 1 aromatic heterocycles. The summed E-state index contributed by atoms with van der Waals surface area (Å²) in [7, 11) is 0. The third-order valence-corrected chi connectivity index (χ3v) is 9.84. The van der Waals surface area contributed by atoms with Gasteiger partial charge in [0.25, 0.3) is 0 Å². The molecule has 0 N–H and O–H groups in total. The first-order chi connectivity index (χ1) is 22.4. The molecule has 0 saturated carbocycles. The van der Waals surface area contributed by atoms with Crippen LogP contribution in [-0.4, -0.2) is 4.57 Å². The summed E-state index contributed by atoms with van der Waals surface area (Å²) in [6.45, 7) is 0. The van der Waals surface area contributed by atoms with Crippen LogP contribution in [0.2, 0.25) is 0 Å².